The number of rotatable bonds is 4. The molecule has 0 aliphatic carbocycles. The van der Waals surface area contributed by atoms with Crippen molar-refractivity contribution in [3.05, 3.63) is 11.6 Å². The van der Waals surface area contributed by atoms with E-state index in [4.69, 9.17) is 4.74 Å². The zero-order valence-electron chi connectivity index (χ0n) is 12.3. The van der Waals surface area contributed by atoms with Gasteiger partial charge in [0.15, 0.2) is 5.82 Å². The van der Waals surface area contributed by atoms with E-state index in [1.807, 2.05) is 0 Å². The normalized spacial score (nSPS) is 21.6. The van der Waals surface area contributed by atoms with Crippen LogP contribution < -0.4 is 10.6 Å². The van der Waals surface area contributed by atoms with Crippen LogP contribution in [0.4, 0.5) is 4.79 Å². The van der Waals surface area contributed by atoms with Gasteiger partial charge in [-0.05, 0) is 25.7 Å². The van der Waals surface area contributed by atoms with E-state index in [1.165, 1.54) is 12.8 Å². The van der Waals surface area contributed by atoms with Gasteiger partial charge in [0, 0.05) is 26.1 Å². The van der Waals surface area contributed by atoms with Gasteiger partial charge < -0.3 is 19.9 Å². The van der Waals surface area contributed by atoms with E-state index < -0.39 is 0 Å². The molecule has 7 heteroatoms. The lowest BCUT2D eigenvalue weighted by molar-refractivity contribution is 0.111. The Morgan fingerprint density at radius 3 is 3.05 bits per heavy atom. The Labute approximate surface area is 124 Å². The average Bonchev–Trinajstić information content (AvgIpc) is 3.08. The molecule has 1 aromatic heterocycles. The molecular formula is C14H23N5O2. The van der Waals surface area contributed by atoms with Crippen molar-refractivity contribution in [3.8, 4) is 0 Å². The smallest absolute Gasteiger partial charge is 0.315 e. The third-order valence-electron chi connectivity index (χ3n) is 4.11. The zero-order chi connectivity index (χ0) is 14.5. The van der Waals surface area contributed by atoms with Crippen molar-refractivity contribution in [2.24, 2.45) is 0 Å². The summed E-state index contributed by atoms with van der Waals surface area (Å²) in [6.07, 6.45) is 6.82. The Morgan fingerprint density at radius 1 is 1.24 bits per heavy atom. The molecule has 0 bridgehead atoms. The summed E-state index contributed by atoms with van der Waals surface area (Å²) in [5, 5.41) is 14.1. The standard InChI is InChI=1S/C14H23N5O2/c20-14(15-9-11-5-4-8-21-11)16-10-13-18-17-12-6-2-1-3-7-19(12)13/h11H,1-10H2,(H2,15,16,20)/t11-/m0/s1. The van der Waals surface area contributed by atoms with Crippen LogP contribution in [0.25, 0.3) is 0 Å². The molecule has 1 atom stereocenters. The molecule has 3 heterocycles. The highest BCUT2D eigenvalue weighted by molar-refractivity contribution is 5.73. The first kappa shape index (κ1) is 14.3. The fourth-order valence-electron chi connectivity index (χ4n) is 2.91. The van der Waals surface area contributed by atoms with Crippen molar-refractivity contribution in [1.82, 2.24) is 25.4 Å². The monoisotopic (exact) mass is 293 g/mol. The lowest BCUT2D eigenvalue weighted by Gasteiger charge is -2.12. The number of hydrogen-bond acceptors (Lipinski definition) is 4. The molecular weight excluding hydrogens is 270 g/mol. The number of nitrogens with zero attached hydrogens (tertiary/aromatic N) is 3. The summed E-state index contributed by atoms with van der Waals surface area (Å²) >= 11 is 0. The molecule has 2 aliphatic rings. The molecule has 21 heavy (non-hydrogen) atoms. The van der Waals surface area contributed by atoms with Crippen molar-refractivity contribution < 1.29 is 9.53 Å². The fourth-order valence-corrected chi connectivity index (χ4v) is 2.91. The first-order chi connectivity index (χ1) is 10.3. The van der Waals surface area contributed by atoms with E-state index in [0.717, 1.165) is 50.5 Å². The summed E-state index contributed by atoms with van der Waals surface area (Å²) in [5.74, 6) is 1.89. The van der Waals surface area contributed by atoms with Crippen LogP contribution in [0.1, 0.15) is 43.8 Å². The van der Waals surface area contributed by atoms with Crippen LogP contribution >= 0.6 is 0 Å². The minimum absolute atomic E-state index is 0.167. The van der Waals surface area contributed by atoms with Gasteiger partial charge in [-0.25, -0.2) is 4.79 Å². The van der Waals surface area contributed by atoms with Gasteiger partial charge in [0.1, 0.15) is 5.82 Å². The van der Waals surface area contributed by atoms with Gasteiger partial charge in [-0.15, -0.1) is 10.2 Å². The van der Waals surface area contributed by atoms with Crippen LogP contribution in [-0.4, -0.2) is 40.1 Å². The number of amides is 2. The van der Waals surface area contributed by atoms with Crippen molar-refractivity contribution in [2.75, 3.05) is 13.2 Å². The van der Waals surface area contributed by atoms with Gasteiger partial charge in [-0.1, -0.05) is 6.42 Å². The first-order valence-corrected chi connectivity index (χ1v) is 7.87. The molecule has 1 aromatic rings. The molecule has 3 rings (SSSR count). The molecule has 116 valence electrons. The number of urea groups is 1. The molecule has 0 radical (unpaired) electrons. The number of carbonyl (C=O) groups excluding carboxylic acids is 1. The maximum Gasteiger partial charge on any atom is 0.315 e. The summed E-state index contributed by atoms with van der Waals surface area (Å²) in [6.45, 7) is 2.75. The lowest BCUT2D eigenvalue weighted by atomic mass is 10.2. The Kier molecular flexibility index (Phi) is 4.69. The van der Waals surface area contributed by atoms with Crippen LogP contribution in [0.2, 0.25) is 0 Å². The second-order valence-electron chi connectivity index (χ2n) is 5.69. The van der Waals surface area contributed by atoms with Gasteiger partial charge in [0.25, 0.3) is 0 Å². The maximum absolute atomic E-state index is 11.8. The molecule has 0 saturated carbocycles. The van der Waals surface area contributed by atoms with E-state index >= 15 is 0 Å². The van der Waals surface area contributed by atoms with Gasteiger partial charge in [0.05, 0.1) is 12.6 Å². The molecule has 7 nitrogen and oxygen atoms in total. The first-order valence-electron chi connectivity index (χ1n) is 7.87. The van der Waals surface area contributed by atoms with Crippen molar-refractivity contribution in [3.63, 3.8) is 0 Å². The quantitative estimate of drug-likeness (QED) is 0.867. The van der Waals surface area contributed by atoms with Gasteiger partial charge in [0.2, 0.25) is 0 Å². The average molecular weight is 293 g/mol. The number of carbonyl (C=O) groups is 1. The number of nitrogens with one attached hydrogen (secondary N) is 2. The molecule has 0 spiro atoms. The SMILES string of the molecule is O=C(NCc1nnc2n1CCCCC2)NC[C@@H]1CCCO1. The molecule has 2 N–H and O–H groups in total. The minimum Gasteiger partial charge on any atom is -0.376 e. The van der Waals surface area contributed by atoms with E-state index in [2.05, 4.69) is 25.4 Å². The highest BCUT2D eigenvalue weighted by Crippen LogP contribution is 2.14. The highest BCUT2D eigenvalue weighted by atomic mass is 16.5. The van der Waals surface area contributed by atoms with Crippen LogP contribution in [0.3, 0.4) is 0 Å². The maximum atomic E-state index is 11.8. The zero-order valence-corrected chi connectivity index (χ0v) is 12.3. The predicted octanol–water partition coefficient (Wildman–Crippen LogP) is 0.983. The van der Waals surface area contributed by atoms with Gasteiger partial charge >= 0.3 is 6.03 Å². The number of hydrogen-bond donors (Lipinski definition) is 2. The second kappa shape index (κ2) is 6.89. The highest BCUT2D eigenvalue weighted by Gasteiger charge is 2.17. The summed E-state index contributed by atoms with van der Waals surface area (Å²) in [5.41, 5.74) is 0. The fraction of sp³-hybridized carbons (Fsp3) is 0.786. The summed E-state index contributed by atoms with van der Waals surface area (Å²) in [6, 6.07) is -0.170. The topological polar surface area (TPSA) is 81.1 Å². The molecule has 1 saturated heterocycles. The number of fused-ring (bicyclic) bond motifs is 1. The molecule has 0 unspecified atom stereocenters. The van der Waals surface area contributed by atoms with Crippen LogP contribution in [0, 0.1) is 0 Å². The summed E-state index contributed by atoms with van der Waals surface area (Å²) in [7, 11) is 0. The van der Waals surface area contributed by atoms with E-state index in [1.54, 1.807) is 0 Å². The van der Waals surface area contributed by atoms with Crippen molar-refractivity contribution >= 4 is 6.03 Å². The van der Waals surface area contributed by atoms with E-state index in [0.29, 0.717) is 13.1 Å². The summed E-state index contributed by atoms with van der Waals surface area (Å²) in [4.78, 5) is 11.8. The second-order valence-corrected chi connectivity index (χ2v) is 5.69. The Hall–Kier alpha value is -1.63. The number of aromatic nitrogens is 3. The third kappa shape index (κ3) is 3.72. The van der Waals surface area contributed by atoms with E-state index in [-0.39, 0.29) is 12.1 Å². The van der Waals surface area contributed by atoms with Crippen LogP contribution in [-0.2, 0) is 24.2 Å². The molecule has 0 aromatic carbocycles. The lowest BCUT2D eigenvalue weighted by Crippen LogP contribution is -2.39. The summed E-state index contributed by atoms with van der Waals surface area (Å²) < 4.78 is 7.62. The Bertz CT molecular complexity index is 482. The van der Waals surface area contributed by atoms with Crippen molar-refractivity contribution in [1.29, 1.82) is 0 Å². The van der Waals surface area contributed by atoms with Crippen molar-refractivity contribution in [2.45, 2.75) is 57.7 Å². The van der Waals surface area contributed by atoms with Crippen LogP contribution in [0.15, 0.2) is 0 Å². The van der Waals surface area contributed by atoms with Gasteiger partial charge in [-0.2, -0.15) is 0 Å². The minimum atomic E-state index is -0.170. The third-order valence-corrected chi connectivity index (χ3v) is 4.11. The Balaban J connectivity index is 1.46. The van der Waals surface area contributed by atoms with E-state index in [9.17, 15) is 4.79 Å². The number of ether oxygens (including phenoxy) is 1. The predicted molar refractivity (Wildman–Crippen MR) is 76.8 cm³/mol. The van der Waals surface area contributed by atoms with Gasteiger partial charge in [-0.3, -0.25) is 0 Å². The molecule has 1 fully saturated rings. The molecule has 2 amide bonds. The Morgan fingerprint density at radius 2 is 2.19 bits per heavy atom. The largest absolute Gasteiger partial charge is 0.376 e. The number of aryl methyl sites for hydroxylation is 1. The molecule has 2 aliphatic heterocycles. The van der Waals surface area contributed by atoms with Crippen LogP contribution in [0.5, 0.6) is 0 Å².